The molecule has 22 heavy (non-hydrogen) atoms. The van der Waals surface area contributed by atoms with E-state index >= 15 is 0 Å². The van der Waals surface area contributed by atoms with E-state index in [4.69, 9.17) is 6.67 Å². The van der Waals surface area contributed by atoms with Crippen molar-refractivity contribution in [2.24, 2.45) is 20.2 Å². The van der Waals surface area contributed by atoms with Gasteiger partial charge in [-0.15, -0.1) is 4.33 Å². The van der Waals surface area contributed by atoms with Crippen LogP contribution in [0.4, 0.5) is 11.4 Å². The first-order valence-corrected chi connectivity index (χ1v) is 6.55. The second-order valence-corrected chi connectivity index (χ2v) is 4.65. The average Bonchev–Trinajstić information content (AvgIpc) is 2.56. The van der Waals surface area contributed by atoms with Crippen LogP contribution in [0, 0.1) is 5.52 Å². The first kappa shape index (κ1) is 14.6. The summed E-state index contributed by atoms with van der Waals surface area (Å²) in [6.45, 7) is 3.28. The van der Waals surface area contributed by atoms with Gasteiger partial charge < -0.3 is 10.0 Å². The molecule has 0 aliphatic carbocycles. The minimum atomic E-state index is -0.179. The number of benzene rings is 2. The summed E-state index contributed by atoms with van der Waals surface area (Å²) in [6.07, 6.45) is 0. The molecule has 0 bridgehead atoms. The number of nitrogens with zero attached hydrogens (tertiary/aromatic N) is 4. The smallest absolute Gasteiger partial charge is 0.420 e. The van der Waals surface area contributed by atoms with Gasteiger partial charge >= 0.3 is 7.55 Å². The summed E-state index contributed by atoms with van der Waals surface area (Å²) in [4.78, 5) is 3.88. The lowest BCUT2D eigenvalue weighted by Crippen LogP contribution is -1.84. The van der Waals surface area contributed by atoms with Crippen molar-refractivity contribution in [3.8, 4) is 5.75 Å². The quantitative estimate of drug-likeness (QED) is 0.179. The van der Waals surface area contributed by atoms with E-state index in [2.05, 4.69) is 41.8 Å². The molecule has 112 valence electrons. The Morgan fingerprint density at radius 2 is 2.27 bits per heavy atom. The summed E-state index contributed by atoms with van der Waals surface area (Å²) in [7, 11) is 0.0199. The van der Waals surface area contributed by atoms with Gasteiger partial charge in [0.05, 0.1) is 22.6 Å². The van der Waals surface area contributed by atoms with Crippen molar-refractivity contribution in [1.29, 1.82) is 5.52 Å². The van der Waals surface area contributed by atoms with E-state index in [0.29, 0.717) is 33.4 Å². The zero-order chi connectivity index (χ0) is 16.7. The normalized spacial score (nSPS) is 12.1. The third-order valence-corrected chi connectivity index (χ3v) is 3.26. The first-order chi connectivity index (χ1) is 11.2. The topological polar surface area (TPSA) is 132 Å². The largest absolute Gasteiger partial charge is 0.505 e. The maximum atomic E-state index is 10.4. The Hall–Kier alpha value is -2.34. The fourth-order valence-corrected chi connectivity index (χ4v) is 2.25. The molecule has 2 rings (SSSR count). The van der Waals surface area contributed by atoms with Crippen LogP contribution in [-0.2, 0) is 9.37 Å². The number of rotatable bonds is 7. The summed E-state index contributed by atoms with van der Waals surface area (Å²) >= 11 is 0.644. The summed E-state index contributed by atoms with van der Waals surface area (Å²) in [5.74, 6) is -0.179. The Balaban J connectivity index is 2.60. The second-order valence-electron chi connectivity index (χ2n) is 3.91. The van der Waals surface area contributed by atoms with Crippen LogP contribution in [0.3, 0.4) is 0 Å². The SMILES string of the molecule is [2H]/N=N\c1ccc2cc(SOOO)c(N=NBN=C)c(O)c2c1. The molecule has 9 nitrogen and oxygen atoms in total. The van der Waals surface area contributed by atoms with Crippen molar-refractivity contribution >= 4 is 48.5 Å². The number of phenolic OH excluding ortho intramolecular Hbond substituents is 1. The predicted octanol–water partition coefficient (Wildman–Crippen LogP) is 3.69. The molecule has 2 aromatic rings. The molecule has 0 aliphatic heterocycles. The van der Waals surface area contributed by atoms with Crippen LogP contribution in [-0.4, -0.2) is 24.6 Å². The number of nitrogens with one attached hydrogen (secondary N) is 1. The van der Waals surface area contributed by atoms with Crippen LogP contribution in [0.15, 0.2) is 49.3 Å². The minimum absolute atomic E-state index is 0.0199. The molecule has 0 saturated heterocycles. The van der Waals surface area contributed by atoms with Crippen molar-refractivity contribution in [3.05, 3.63) is 24.3 Å². The van der Waals surface area contributed by atoms with E-state index in [9.17, 15) is 5.11 Å². The van der Waals surface area contributed by atoms with Gasteiger partial charge in [-0.2, -0.15) is 10.2 Å². The van der Waals surface area contributed by atoms with E-state index in [1.54, 1.807) is 24.3 Å². The van der Waals surface area contributed by atoms with Crippen LogP contribution < -0.4 is 0 Å². The molecule has 3 N–H and O–H groups in total. The number of hydrogen-bond donors (Lipinski definition) is 3. The van der Waals surface area contributed by atoms with E-state index in [1.165, 1.54) is 0 Å². The molecule has 0 aliphatic rings. The standard InChI is InChI=1S/C11H10BN5O4S/c1-14-12-17-16-10-9(22-21-20-19)4-6-2-3-7(15-13)5-8(6)11(10)18/h2-5,12-13,18-19H,1H2/b15-13-,17-16?/i/hD. The molecular weight excluding hydrogens is 309 g/mol. The van der Waals surface area contributed by atoms with Gasteiger partial charge in [-0.3, -0.25) is 0 Å². The van der Waals surface area contributed by atoms with Crippen molar-refractivity contribution in [3.63, 3.8) is 0 Å². The average molecular weight is 320 g/mol. The lowest BCUT2D eigenvalue weighted by Gasteiger charge is -2.09. The zero-order valence-corrected chi connectivity index (χ0v) is 11.9. The highest BCUT2D eigenvalue weighted by Gasteiger charge is 2.15. The highest BCUT2D eigenvalue weighted by atomic mass is 32.2. The Labute approximate surface area is 131 Å². The molecule has 0 saturated carbocycles. The molecule has 0 spiro atoms. The summed E-state index contributed by atoms with van der Waals surface area (Å²) < 4.78 is 11.2. The third-order valence-electron chi connectivity index (χ3n) is 2.64. The molecular formula is C11H10BN5O4S. The highest BCUT2D eigenvalue weighted by Crippen LogP contribution is 2.44. The van der Waals surface area contributed by atoms with Gasteiger partial charge in [0.15, 0.2) is 5.75 Å². The highest BCUT2D eigenvalue weighted by molar-refractivity contribution is 7.94. The number of phenols is 1. The summed E-state index contributed by atoms with van der Waals surface area (Å²) in [6, 6.07) is 6.50. The van der Waals surface area contributed by atoms with Gasteiger partial charge in [0.25, 0.3) is 0 Å². The van der Waals surface area contributed by atoms with E-state index in [1.807, 2.05) is 0 Å². The Morgan fingerprint density at radius 1 is 1.41 bits per heavy atom. The van der Waals surface area contributed by atoms with Gasteiger partial charge in [0.2, 0.25) is 1.41 Å². The van der Waals surface area contributed by atoms with Crippen LogP contribution >= 0.6 is 12.0 Å². The molecule has 0 amide bonds. The maximum Gasteiger partial charge on any atom is 0.420 e. The van der Waals surface area contributed by atoms with Crippen LogP contribution in [0.5, 0.6) is 5.75 Å². The molecule has 2 aromatic carbocycles. The van der Waals surface area contributed by atoms with Crippen molar-refractivity contribution in [2.45, 2.75) is 4.90 Å². The first-order valence-electron chi connectivity index (χ1n) is 6.25. The van der Waals surface area contributed by atoms with Crippen LogP contribution in [0.25, 0.3) is 10.8 Å². The Bertz CT molecular complexity index is 776. The lowest BCUT2D eigenvalue weighted by molar-refractivity contribution is -0.432. The third kappa shape index (κ3) is 3.46. The molecule has 0 radical (unpaired) electrons. The molecule has 0 heterocycles. The van der Waals surface area contributed by atoms with E-state index < -0.39 is 0 Å². The van der Waals surface area contributed by atoms with Crippen LogP contribution in [0.2, 0.25) is 1.41 Å². The Morgan fingerprint density at radius 3 is 3.00 bits per heavy atom. The molecule has 0 aromatic heterocycles. The minimum Gasteiger partial charge on any atom is -0.505 e. The number of hydrogen-bond acceptors (Lipinski definition) is 10. The second kappa shape index (κ2) is 7.61. The Kier molecular flexibility index (Phi) is 5.05. The van der Waals surface area contributed by atoms with Gasteiger partial charge in [0.1, 0.15) is 5.69 Å². The summed E-state index contributed by atoms with van der Waals surface area (Å²) in [5.41, 5.74) is 3.44. The van der Waals surface area contributed by atoms with Crippen molar-refractivity contribution in [1.82, 2.24) is 0 Å². The number of fused-ring (bicyclic) bond motifs is 1. The van der Waals surface area contributed by atoms with Gasteiger partial charge in [-0.1, -0.05) is 11.1 Å². The van der Waals surface area contributed by atoms with E-state index in [-0.39, 0.29) is 19.0 Å². The monoisotopic (exact) mass is 320 g/mol. The summed E-state index contributed by atoms with van der Waals surface area (Å²) in [5, 5.41) is 34.6. The molecule has 0 unspecified atom stereocenters. The molecule has 0 atom stereocenters. The maximum absolute atomic E-state index is 10.4. The van der Waals surface area contributed by atoms with Gasteiger partial charge in [0, 0.05) is 5.39 Å². The van der Waals surface area contributed by atoms with Gasteiger partial charge in [-0.05, 0) is 30.3 Å². The fraction of sp³-hybridized carbons (Fsp3) is 0. The van der Waals surface area contributed by atoms with E-state index in [0.717, 1.165) is 0 Å². The van der Waals surface area contributed by atoms with Crippen molar-refractivity contribution in [2.75, 3.05) is 0 Å². The van der Waals surface area contributed by atoms with Crippen molar-refractivity contribution < 1.29 is 21.1 Å². The fourth-order valence-electron chi connectivity index (χ4n) is 1.75. The molecule has 0 fully saturated rings. The molecule has 11 heteroatoms. The predicted molar refractivity (Wildman–Crippen MR) is 82.3 cm³/mol. The lowest BCUT2D eigenvalue weighted by atomic mass is 10.1. The zero-order valence-electron chi connectivity index (χ0n) is 12.1. The van der Waals surface area contributed by atoms with Gasteiger partial charge in [-0.25, -0.2) is 15.8 Å². The number of aromatic hydroxyl groups is 1. The van der Waals surface area contributed by atoms with Crippen LogP contribution in [0.1, 0.15) is 0 Å².